The second-order valence-corrected chi connectivity index (χ2v) is 5.18. The van der Waals surface area contributed by atoms with Crippen LogP contribution < -0.4 is 5.32 Å². The summed E-state index contributed by atoms with van der Waals surface area (Å²) in [7, 11) is 1.93. The maximum absolute atomic E-state index is 9.80. The van der Waals surface area contributed by atoms with E-state index in [2.05, 4.69) is 33.0 Å². The summed E-state index contributed by atoms with van der Waals surface area (Å²) in [5.74, 6) is 0. The molecule has 1 atom stereocenters. The van der Waals surface area contributed by atoms with E-state index >= 15 is 0 Å². The Bertz CT molecular complexity index is 303. The second-order valence-electron chi connectivity index (χ2n) is 4.02. The lowest BCUT2D eigenvalue weighted by Gasteiger charge is -2.21. The molecule has 0 bridgehead atoms. The fourth-order valence-electron chi connectivity index (χ4n) is 1.21. The van der Waals surface area contributed by atoms with E-state index in [1.165, 1.54) is 0 Å². The van der Waals surface area contributed by atoms with Crippen LogP contribution in [-0.2, 0) is 13.6 Å². The Kier molecular flexibility index (Phi) is 4.54. The minimum absolute atomic E-state index is 0.602. The Balaban J connectivity index is 2.45. The lowest BCUT2D eigenvalue weighted by molar-refractivity contribution is 0.0554. The molecule has 0 spiro atoms. The average Bonchev–Trinajstić information content (AvgIpc) is 2.49. The van der Waals surface area contributed by atoms with E-state index in [4.69, 9.17) is 0 Å². The molecule has 0 aliphatic rings. The van der Waals surface area contributed by atoms with E-state index in [1.807, 2.05) is 31.8 Å². The van der Waals surface area contributed by atoms with Crippen molar-refractivity contribution in [3.8, 4) is 0 Å². The van der Waals surface area contributed by atoms with Gasteiger partial charge in [0.25, 0.3) is 0 Å². The van der Waals surface area contributed by atoms with Crippen molar-refractivity contribution >= 4 is 22.6 Å². The summed E-state index contributed by atoms with van der Waals surface area (Å²) >= 11 is 2.27. The fraction of sp³-hybridized carbons (Fsp3) is 0.700. The number of rotatable bonds is 5. The standard InChI is InChI=1S/C10H18IN3O/c1-4-10(2,15)7-12-6-9-8(11)5-13-14(9)3/h5,12,15H,4,6-7H2,1-3H3/t10-/m1/s1. The van der Waals surface area contributed by atoms with Crippen molar-refractivity contribution in [2.45, 2.75) is 32.4 Å². The van der Waals surface area contributed by atoms with Crippen LogP contribution in [0.2, 0.25) is 0 Å². The summed E-state index contributed by atoms with van der Waals surface area (Å²) < 4.78 is 3.01. The van der Waals surface area contributed by atoms with Crippen molar-refractivity contribution in [3.05, 3.63) is 15.5 Å². The Morgan fingerprint density at radius 1 is 1.67 bits per heavy atom. The number of aliphatic hydroxyl groups is 1. The average molecular weight is 323 g/mol. The molecule has 0 aromatic carbocycles. The molecule has 0 amide bonds. The summed E-state index contributed by atoms with van der Waals surface area (Å²) in [6.07, 6.45) is 2.60. The van der Waals surface area contributed by atoms with Gasteiger partial charge in [0.2, 0.25) is 0 Å². The fourth-order valence-corrected chi connectivity index (χ4v) is 1.87. The van der Waals surface area contributed by atoms with Gasteiger partial charge in [-0.15, -0.1) is 0 Å². The molecule has 1 heterocycles. The third-order valence-corrected chi connectivity index (χ3v) is 3.47. The van der Waals surface area contributed by atoms with E-state index < -0.39 is 5.60 Å². The predicted octanol–water partition coefficient (Wildman–Crippen LogP) is 1.28. The molecule has 0 aliphatic heterocycles. The predicted molar refractivity (Wildman–Crippen MR) is 68.5 cm³/mol. The van der Waals surface area contributed by atoms with Crippen LogP contribution in [0.15, 0.2) is 6.20 Å². The quantitative estimate of drug-likeness (QED) is 0.803. The molecular weight excluding hydrogens is 305 g/mol. The molecule has 0 radical (unpaired) electrons. The van der Waals surface area contributed by atoms with Gasteiger partial charge in [-0.2, -0.15) is 5.10 Å². The van der Waals surface area contributed by atoms with Gasteiger partial charge in [-0.25, -0.2) is 0 Å². The summed E-state index contributed by atoms with van der Waals surface area (Å²) in [4.78, 5) is 0. The van der Waals surface area contributed by atoms with E-state index in [0.717, 1.165) is 22.2 Å². The topological polar surface area (TPSA) is 50.1 Å². The van der Waals surface area contributed by atoms with E-state index in [9.17, 15) is 5.11 Å². The van der Waals surface area contributed by atoms with Gasteiger partial charge in [0.1, 0.15) is 0 Å². The maximum atomic E-state index is 9.80. The zero-order valence-corrected chi connectivity index (χ0v) is 11.6. The van der Waals surface area contributed by atoms with Gasteiger partial charge < -0.3 is 10.4 Å². The smallest absolute Gasteiger partial charge is 0.0741 e. The van der Waals surface area contributed by atoms with E-state index in [1.54, 1.807) is 0 Å². The highest BCUT2D eigenvalue weighted by Gasteiger charge is 2.17. The highest BCUT2D eigenvalue weighted by molar-refractivity contribution is 14.1. The van der Waals surface area contributed by atoms with Crippen LogP contribution in [0.4, 0.5) is 0 Å². The van der Waals surface area contributed by atoms with Crippen LogP contribution in [0.3, 0.4) is 0 Å². The molecule has 0 unspecified atom stereocenters. The third kappa shape index (κ3) is 3.73. The largest absolute Gasteiger partial charge is 0.389 e. The number of halogens is 1. The zero-order valence-electron chi connectivity index (χ0n) is 9.42. The Hall–Kier alpha value is -0.140. The van der Waals surface area contributed by atoms with Crippen LogP contribution in [0.1, 0.15) is 26.0 Å². The van der Waals surface area contributed by atoms with Gasteiger partial charge in [0.15, 0.2) is 0 Å². The lowest BCUT2D eigenvalue weighted by atomic mass is 10.0. The molecule has 86 valence electrons. The first-order valence-electron chi connectivity index (χ1n) is 5.06. The molecule has 0 saturated carbocycles. The van der Waals surface area contributed by atoms with Crippen LogP contribution in [0.25, 0.3) is 0 Å². The number of hydrogen-bond donors (Lipinski definition) is 2. The minimum Gasteiger partial charge on any atom is -0.389 e. The highest BCUT2D eigenvalue weighted by Crippen LogP contribution is 2.11. The molecular formula is C10H18IN3O. The van der Waals surface area contributed by atoms with Gasteiger partial charge in [-0.1, -0.05) is 6.92 Å². The van der Waals surface area contributed by atoms with Crippen molar-refractivity contribution in [1.29, 1.82) is 0 Å². The van der Waals surface area contributed by atoms with Crippen molar-refractivity contribution in [1.82, 2.24) is 15.1 Å². The summed E-state index contributed by atoms with van der Waals surface area (Å²) in [5, 5.41) is 17.2. The summed E-state index contributed by atoms with van der Waals surface area (Å²) in [5.41, 5.74) is 0.534. The SMILES string of the molecule is CC[C@@](C)(O)CNCc1c(I)cnn1C. The molecule has 4 nitrogen and oxygen atoms in total. The number of aryl methyl sites for hydroxylation is 1. The van der Waals surface area contributed by atoms with Crippen molar-refractivity contribution in [3.63, 3.8) is 0 Å². The Labute approximate surface area is 104 Å². The van der Waals surface area contributed by atoms with Crippen LogP contribution >= 0.6 is 22.6 Å². The first-order valence-corrected chi connectivity index (χ1v) is 6.13. The van der Waals surface area contributed by atoms with Gasteiger partial charge in [0.05, 0.1) is 21.1 Å². The van der Waals surface area contributed by atoms with Gasteiger partial charge >= 0.3 is 0 Å². The summed E-state index contributed by atoms with van der Waals surface area (Å²) in [6.45, 7) is 5.17. The molecule has 2 N–H and O–H groups in total. The zero-order chi connectivity index (χ0) is 11.5. The monoisotopic (exact) mass is 323 g/mol. The molecule has 0 aliphatic carbocycles. The molecule has 0 saturated heterocycles. The van der Waals surface area contributed by atoms with Crippen LogP contribution in [0, 0.1) is 3.57 Å². The van der Waals surface area contributed by atoms with Crippen LogP contribution in [-0.4, -0.2) is 27.0 Å². The van der Waals surface area contributed by atoms with Gasteiger partial charge in [-0.3, -0.25) is 4.68 Å². The van der Waals surface area contributed by atoms with Crippen LogP contribution in [0.5, 0.6) is 0 Å². The lowest BCUT2D eigenvalue weighted by Crippen LogP contribution is -2.37. The van der Waals surface area contributed by atoms with Gasteiger partial charge in [0, 0.05) is 20.1 Å². The molecule has 1 aromatic rings. The molecule has 1 aromatic heterocycles. The maximum Gasteiger partial charge on any atom is 0.0741 e. The first kappa shape index (κ1) is 12.9. The third-order valence-electron chi connectivity index (χ3n) is 2.57. The molecule has 15 heavy (non-hydrogen) atoms. The van der Waals surface area contributed by atoms with Crippen molar-refractivity contribution in [2.75, 3.05) is 6.54 Å². The second kappa shape index (κ2) is 5.27. The summed E-state index contributed by atoms with van der Waals surface area (Å²) in [6, 6.07) is 0. The number of aromatic nitrogens is 2. The van der Waals surface area contributed by atoms with Gasteiger partial charge in [-0.05, 0) is 35.9 Å². The minimum atomic E-state index is -0.621. The molecule has 1 rings (SSSR count). The number of hydrogen-bond acceptors (Lipinski definition) is 3. The van der Waals surface area contributed by atoms with E-state index in [0.29, 0.717) is 6.54 Å². The molecule has 0 fully saturated rings. The first-order chi connectivity index (χ1) is 6.96. The number of nitrogens with zero attached hydrogens (tertiary/aromatic N) is 2. The van der Waals surface area contributed by atoms with E-state index in [-0.39, 0.29) is 0 Å². The number of nitrogens with one attached hydrogen (secondary N) is 1. The van der Waals surface area contributed by atoms with Crippen molar-refractivity contribution < 1.29 is 5.11 Å². The Morgan fingerprint density at radius 2 is 2.33 bits per heavy atom. The molecule has 5 heteroatoms. The van der Waals surface area contributed by atoms with Crippen molar-refractivity contribution in [2.24, 2.45) is 7.05 Å². The Morgan fingerprint density at radius 3 is 2.80 bits per heavy atom. The highest BCUT2D eigenvalue weighted by atomic mass is 127. The normalized spacial score (nSPS) is 15.3.